The number of fused-ring (bicyclic) bond motifs is 2. The zero-order valence-electron chi connectivity index (χ0n) is 13.0. The third kappa shape index (κ3) is 2.32. The number of aromatic nitrogens is 2. The molecule has 1 aromatic rings. The van der Waals surface area contributed by atoms with Gasteiger partial charge in [0.1, 0.15) is 0 Å². The van der Waals surface area contributed by atoms with Crippen LogP contribution in [0.25, 0.3) is 0 Å². The minimum absolute atomic E-state index is 0.00585. The Morgan fingerprint density at radius 1 is 1.36 bits per heavy atom. The molecule has 6 nitrogen and oxygen atoms in total. The van der Waals surface area contributed by atoms with Crippen molar-refractivity contribution in [3.05, 3.63) is 29.6 Å². The van der Waals surface area contributed by atoms with Crippen LogP contribution in [0, 0.1) is 30.6 Å². The molecule has 22 heavy (non-hydrogen) atoms. The molecule has 0 unspecified atom stereocenters. The first-order valence-electron chi connectivity index (χ1n) is 7.60. The molecule has 1 aromatic heterocycles. The normalized spacial score (nSPS) is 30.5. The van der Waals surface area contributed by atoms with Crippen LogP contribution in [0.5, 0.6) is 0 Å². The number of rotatable bonds is 4. The van der Waals surface area contributed by atoms with Gasteiger partial charge in [-0.25, -0.2) is 0 Å². The monoisotopic (exact) mass is 303 g/mol. The molecule has 1 saturated carbocycles. The number of hydrogen-bond acceptors (Lipinski definition) is 3. The summed E-state index contributed by atoms with van der Waals surface area (Å²) in [5.74, 6) is -2.06. The molecule has 0 aliphatic heterocycles. The average Bonchev–Trinajstić information content (AvgIpc) is 3.11. The Bertz CT molecular complexity index is 649. The second-order valence-corrected chi connectivity index (χ2v) is 6.41. The Balaban J connectivity index is 1.75. The van der Waals surface area contributed by atoms with E-state index in [-0.39, 0.29) is 23.8 Å². The van der Waals surface area contributed by atoms with Crippen molar-refractivity contribution in [2.75, 3.05) is 0 Å². The number of aryl methyl sites for hydroxylation is 2. The van der Waals surface area contributed by atoms with Crippen molar-refractivity contribution in [1.29, 1.82) is 0 Å². The molecule has 3 rings (SSSR count). The Labute approximate surface area is 129 Å². The van der Waals surface area contributed by atoms with E-state index in [0.717, 1.165) is 17.7 Å². The molecule has 2 aliphatic rings. The fraction of sp³-hybridized carbons (Fsp3) is 0.562. The van der Waals surface area contributed by atoms with Crippen molar-refractivity contribution in [2.45, 2.75) is 26.3 Å². The summed E-state index contributed by atoms with van der Waals surface area (Å²) in [4.78, 5) is 24.1. The number of carbonyl (C=O) groups excluding carboxylic acids is 1. The third-order valence-electron chi connectivity index (χ3n) is 4.92. The molecular formula is C16H21N3O3. The Morgan fingerprint density at radius 2 is 2.00 bits per heavy atom. The number of nitrogens with zero attached hydrogens (tertiary/aromatic N) is 2. The summed E-state index contributed by atoms with van der Waals surface area (Å²) in [5, 5.41) is 16.7. The van der Waals surface area contributed by atoms with Crippen molar-refractivity contribution in [3.8, 4) is 0 Å². The van der Waals surface area contributed by atoms with Gasteiger partial charge in [-0.3, -0.25) is 14.3 Å². The van der Waals surface area contributed by atoms with Crippen LogP contribution in [0.3, 0.4) is 0 Å². The van der Waals surface area contributed by atoms with Crippen LogP contribution in [-0.2, 0) is 16.6 Å². The van der Waals surface area contributed by atoms with Gasteiger partial charge in [-0.15, -0.1) is 0 Å². The first kappa shape index (κ1) is 14.8. The molecule has 118 valence electrons. The minimum atomic E-state index is -0.873. The van der Waals surface area contributed by atoms with Crippen molar-refractivity contribution < 1.29 is 14.7 Å². The lowest BCUT2D eigenvalue weighted by Crippen LogP contribution is -2.41. The summed E-state index contributed by atoms with van der Waals surface area (Å²) in [6.45, 7) is 3.80. The van der Waals surface area contributed by atoms with Crippen molar-refractivity contribution in [1.82, 2.24) is 15.1 Å². The second kappa shape index (κ2) is 5.26. The molecule has 2 N–H and O–H groups in total. The summed E-state index contributed by atoms with van der Waals surface area (Å²) in [6.07, 6.45) is 6.60. The number of amides is 1. The van der Waals surface area contributed by atoms with E-state index in [1.54, 1.807) is 4.68 Å². The van der Waals surface area contributed by atoms with Gasteiger partial charge in [0.15, 0.2) is 0 Å². The molecule has 1 fully saturated rings. The first-order valence-corrected chi connectivity index (χ1v) is 7.60. The maximum atomic E-state index is 12.6. The number of carbonyl (C=O) groups is 2. The number of carboxylic acid groups (broad SMARTS) is 1. The van der Waals surface area contributed by atoms with Crippen LogP contribution >= 0.6 is 0 Å². The summed E-state index contributed by atoms with van der Waals surface area (Å²) in [6, 6.07) is -0.182. The van der Waals surface area contributed by atoms with E-state index < -0.39 is 17.8 Å². The van der Waals surface area contributed by atoms with Crippen LogP contribution in [0.4, 0.5) is 0 Å². The van der Waals surface area contributed by atoms with Gasteiger partial charge < -0.3 is 10.4 Å². The van der Waals surface area contributed by atoms with E-state index in [0.29, 0.717) is 0 Å². The van der Waals surface area contributed by atoms with E-state index in [1.165, 1.54) is 0 Å². The predicted octanol–water partition coefficient (Wildman–Crippen LogP) is 1.43. The largest absolute Gasteiger partial charge is 0.481 e. The van der Waals surface area contributed by atoms with E-state index in [1.807, 2.05) is 39.2 Å². The zero-order chi connectivity index (χ0) is 16.0. The molecule has 1 amide bonds. The maximum absolute atomic E-state index is 12.6. The van der Waals surface area contributed by atoms with Gasteiger partial charge in [0.05, 0.1) is 23.6 Å². The molecule has 2 bridgehead atoms. The third-order valence-corrected chi connectivity index (χ3v) is 4.92. The van der Waals surface area contributed by atoms with Crippen LogP contribution in [0.15, 0.2) is 18.3 Å². The Morgan fingerprint density at radius 3 is 2.55 bits per heavy atom. The van der Waals surface area contributed by atoms with Gasteiger partial charge in [0.2, 0.25) is 5.91 Å². The van der Waals surface area contributed by atoms with Gasteiger partial charge in [0.25, 0.3) is 0 Å². The first-order chi connectivity index (χ1) is 10.4. The molecule has 0 aromatic carbocycles. The summed E-state index contributed by atoms with van der Waals surface area (Å²) in [5.41, 5.74) is 1.83. The van der Waals surface area contributed by atoms with E-state index >= 15 is 0 Å². The Hall–Kier alpha value is -2.11. The number of carboxylic acids is 1. The van der Waals surface area contributed by atoms with Crippen molar-refractivity contribution in [3.63, 3.8) is 0 Å². The molecule has 6 heteroatoms. The van der Waals surface area contributed by atoms with Gasteiger partial charge in [-0.1, -0.05) is 12.2 Å². The number of nitrogens with one attached hydrogen (secondary N) is 1. The van der Waals surface area contributed by atoms with Gasteiger partial charge in [-0.2, -0.15) is 5.10 Å². The van der Waals surface area contributed by atoms with Crippen LogP contribution in [-0.4, -0.2) is 26.8 Å². The highest BCUT2D eigenvalue weighted by Gasteiger charge is 2.51. The highest BCUT2D eigenvalue weighted by molar-refractivity contribution is 5.87. The van der Waals surface area contributed by atoms with Crippen LogP contribution in [0.2, 0.25) is 0 Å². The number of allylic oxidation sites excluding steroid dienone is 2. The van der Waals surface area contributed by atoms with E-state index in [9.17, 15) is 14.7 Å². The lowest BCUT2D eigenvalue weighted by Gasteiger charge is -2.25. The van der Waals surface area contributed by atoms with Crippen LogP contribution < -0.4 is 5.32 Å². The van der Waals surface area contributed by atoms with E-state index in [2.05, 4.69) is 10.4 Å². The molecule has 2 aliphatic carbocycles. The highest BCUT2D eigenvalue weighted by Crippen LogP contribution is 2.48. The molecular weight excluding hydrogens is 282 g/mol. The maximum Gasteiger partial charge on any atom is 0.307 e. The van der Waals surface area contributed by atoms with Crippen molar-refractivity contribution >= 4 is 11.9 Å². The number of aliphatic carboxylic acids is 1. The van der Waals surface area contributed by atoms with Gasteiger partial charge >= 0.3 is 5.97 Å². The fourth-order valence-electron chi connectivity index (χ4n) is 3.95. The Kier molecular flexibility index (Phi) is 3.54. The molecule has 0 saturated heterocycles. The fourth-order valence-corrected chi connectivity index (χ4v) is 3.95. The topological polar surface area (TPSA) is 84.2 Å². The molecule has 1 heterocycles. The summed E-state index contributed by atoms with van der Waals surface area (Å²) in [7, 11) is 1.84. The molecule has 0 radical (unpaired) electrons. The van der Waals surface area contributed by atoms with Crippen LogP contribution in [0.1, 0.15) is 30.6 Å². The second-order valence-electron chi connectivity index (χ2n) is 6.41. The summed E-state index contributed by atoms with van der Waals surface area (Å²) >= 11 is 0. The van der Waals surface area contributed by atoms with Crippen molar-refractivity contribution in [2.24, 2.45) is 30.7 Å². The lowest BCUT2D eigenvalue weighted by atomic mass is 9.82. The summed E-state index contributed by atoms with van der Waals surface area (Å²) < 4.78 is 1.72. The van der Waals surface area contributed by atoms with Gasteiger partial charge in [-0.05, 0) is 32.1 Å². The zero-order valence-corrected chi connectivity index (χ0v) is 13.0. The quantitative estimate of drug-likeness (QED) is 0.824. The molecule has 0 spiro atoms. The number of hydrogen-bond donors (Lipinski definition) is 2. The highest BCUT2D eigenvalue weighted by atomic mass is 16.4. The smallest absolute Gasteiger partial charge is 0.307 e. The lowest BCUT2D eigenvalue weighted by molar-refractivity contribution is -0.148. The molecule has 5 atom stereocenters. The SMILES string of the molecule is Cc1nn(C)cc1[C@@H](C)NC(=O)[C@@H]1[C@@H](C(=O)O)[C@H]2C=C[C@H]1C2. The van der Waals surface area contributed by atoms with E-state index in [4.69, 9.17) is 0 Å². The predicted molar refractivity (Wildman–Crippen MR) is 79.9 cm³/mol. The minimum Gasteiger partial charge on any atom is -0.481 e. The standard InChI is InChI=1S/C16H21N3O3/c1-8(12-7-19(3)18-9(12)2)17-15(20)13-10-4-5-11(6-10)14(13)16(21)22/h4-5,7-8,10-11,13-14H,6H2,1-3H3,(H,17,20)(H,21,22)/t8-,10+,11+,13+,14+/m1/s1. The van der Waals surface area contributed by atoms with Gasteiger partial charge in [0, 0.05) is 18.8 Å². The average molecular weight is 303 g/mol.